The first-order chi connectivity index (χ1) is 8.69. The van der Waals surface area contributed by atoms with Crippen LogP contribution in [0.1, 0.15) is 20.3 Å². The number of benzene rings is 1. The van der Waals surface area contributed by atoms with Crippen LogP contribution >= 0.6 is 0 Å². The second-order valence-corrected chi connectivity index (χ2v) is 6.67. The number of nitrogens with one attached hydrogen (secondary N) is 1. The molecule has 100 valence electrons. The molecule has 1 N–H and O–H groups in total. The summed E-state index contributed by atoms with van der Waals surface area (Å²) in [4.78, 5) is 11.8. The van der Waals surface area contributed by atoms with Crippen LogP contribution in [0.15, 0.2) is 30.3 Å². The van der Waals surface area contributed by atoms with Crippen LogP contribution in [-0.4, -0.2) is 40.6 Å². The molecule has 3 nitrogen and oxygen atoms in total. The third-order valence-corrected chi connectivity index (χ3v) is 5.55. The fourth-order valence-electron chi connectivity index (χ4n) is 1.60. The number of esters is 1. The van der Waals surface area contributed by atoms with Crippen molar-refractivity contribution in [3.8, 4) is 0 Å². The standard InChI is InChI=1S/C14H21NO2Se/c1-4-10-15-11(2)13(14(16)17-3)18-12-8-6-5-7-9-12/h5-9,11,13,15H,4,10H2,1-3H3/t11-,13+/m0/s1. The van der Waals surface area contributed by atoms with Crippen molar-refractivity contribution < 1.29 is 9.53 Å². The van der Waals surface area contributed by atoms with Crippen LogP contribution in [0.25, 0.3) is 0 Å². The summed E-state index contributed by atoms with van der Waals surface area (Å²) in [7, 11) is 1.46. The third-order valence-electron chi connectivity index (χ3n) is 2.61. The first kappa shape index (κ1) is 15.2. The van der Waals surface area contributed by atoms with Crippen molar-refractivity contribution in [2.75, 3.05) is 13.7 Å². The summed E-state index contributed by atoms with van der Waals surface area (Å²) in [5, 5.41) is 3.38. The Morgan fingerprint density at radius 2 is 2.06 bits per heavy atom. The first-order valence-electron chi connectivity index (χ1n) is 6.22. The van der Waals surface area contributed by atoms with Crippen molar-refractivity contribution in [3.05, 3.63) is 30.3 Å². The molecule has 0 fully saturated rings. The Kier molecular flexibility index (Phi) is 7.02. The van der Waals surface area contributed by atoms with Crippen LogP contribution in [-0.2, 0) is 9.53 Å². The van der Waals surface area contributed by atoms with Gasteiger partial charge in [0, 0.05) is 0 Å². The predicted octanol–water partition coefficient (Wildman–Crippen LogP) is 1.37. The van der Waals surface area contributed by atoms with E-state index in [0.717, 1.165) is 13.0 Å². The number of rotatable bonds is 7. The van der Waals surface area contributed by atoms with Crippen LogP contribution in [0.2, 0.25) is 4.82 Å². The van der Waals surface area contributed by atoms with Crippen molar-refractivity contribution in [3.63, 3.8) is 0 Å². The monoisotopic (exact) mass is 315 g/mol. The Morgan fingerprint density at radius 3 is 2.61 bits per heavy atom. The average molecular weight is 314 g/mol. The van der Waals surface area contributed by atoms with Gasteiger partial charge < -0.3 is 0 Å². The van der Waals surface area contributed by atoms with Gasteiger partial charge in [0.05, 0.1) is 0 Å². The van der Waals surface area contributed by atoms with Gasteiger partial charge in [-0.3, -0.25) is 0 Å². The normalized spacial score (nSPS) is 13.9. The van der Waals surface area contributed by atoms with E-state index >= 15 is 0 Å². The zero-order chi connectivity index (χ0) is 13.4. The van der Waals surface area contributed by atoms with Crippen molar-refractivity contribution in [1.82, 2.24) is 5.32 Å². The molecule has 0 aliphatic carbocycles. The Bertz CT molecular complexity index is 356. The van der Waals surface area contributed by atoms with Gasteiger partial charge in [0.15, 0.2) is 0 Å². The fourth-order valence-corrected chi connectivity index (χ4v) is 3.90. The van der Waals surface area contributed by atoms with E-state index in [1.807, 2.05) is 18.2 Å². The molecule has 0 unspecified atom stereocenters. The molecule has 0 saturated heterocycles. The molecule has 0 spiro atoms. The first-order valence-corrected chi connectivity index (χ1v) is 8.06. The van der Waals surface area contributed by atoms with Gasteiger partial charge in [0.2, 0.25) is 0 Å². The van der Waals surface area contributed by atoms with E-state index in [0.29, 0.717) is 0 Å². The van der Waals surface area contributed by atoms with Gasteiger partial charge in [0.1, 0.15) is 0 Å². The van der Waals surface area contributed by atoms with Crippen molar-refractivity contribution >= 4 is 25.4 Å². The van der Waals surface area contributed by atoms with E-state index in [1.165, 1.54) is 11.6 Å². The van der Waals surface area contributed by atoms with Gasteiger partial charge in [-0.15, -0.1) is 0 Å². The Labute approximate surface area is 115 Å². The molecular formula is C14H21NO2Se. The Morgan fingerprint density at radius 1 is 1.39 bits per heavy atom. The SMILES string of the molecule is CCCN[C@@H](C)[C@@H]([Se]c1ccccc1)C(=O)OC. The summed E-state index contributed by atoms with van der Waals surface area (Å²) < 4.78 is 6.15. The van der Waals surface area contributed by atoms with Gasteiger partial charge in [-0.25, -0.2) is 0 Å². The molecule has 0 heterocycles. The maximum absolute atomic E-state index is 11.9. The third kappa shape index (κ3) is 4.81. The van der Waals surface area contributed by atoms with E-state index in [9.17, 15) is 4.79 Å². The summed E-state index contributed by atoms with van der Waals surface area (Å²) in [6.45, 7) is 5.11. The second kappa shape index (κ2) is 8.30. The minimum atomic E-state index is -0.116. The van der Waals surface area contributed by atoms with E-state index in [1.54, 1.807) is 0 Å². The van der Waals surface area contributed by atoms with Crippen LogP contribution in [0, 0.1) is 0 Å². The maximum atomic E-state index is 11.9. The molecule has 0 aliphatic rings. The van der Waals surface area contributed by atoms with Crippen molar-refractivity contribution in [2.24, 2.45) is 0 Å². The summed E-state index contributed by atoms with van der Waals surface area (Å²) in [6.07, 6.45) is 1.07. The molecule has 0 aliphatic heterocycles. The number of methoxy groups -OCH3 is 1. The molecule has 2 atom stereocenters. The molecule has 1 aromatic carbocycles. The summed E-state index contributed by atoms with van der Waals surface area (Å²) in [5.41, 5.74) is 0. The van der Waals surface area contributed by atoms with Crippen LogP contribution in [0.5, 0.6) is 0 Å². The van der Waals surface area contributed by atoms with Crippen LogP contribution in [0.4, 0.5) is 0 Å². The summed E-state index contributed by atoms with van der Waals surface area (Å²) in [5.74, 6) is -0.116. The van der Waals surface area contributed by atoms with Gasteiger partial charge >= 0.3 is 115 Å². The topological polar surface area (TPSA) is 38.3 Å². The Hall–Kier alpha value is -0.831. The predicted molar refractivity (Wildman–Crippen MR) is 75.4 cm³/mol. The molecule has 1 aromatic rings. The Balaban J connectivity index is 2.69. The molecule has 4 heteroatoms. The van der Waals surface area contributed by atoms with Crippen molar-refractivity contribution in [2.45, 2.75) is 31.1 Å². The van der Waals surface area contributed by atoms with Crippen molar-refractivity contribution in [1.29, 1.82) is 0 Å². The number of hydrogen-bond acceptors (Lipinski definition) is 3. The summed E-state index contributed by atoms with van der Waals surface area (Å²) >= 11 is 0.0918. The van der Waals surface area contributed by atoms with Crippen LogP contribution < -0.4 is 9.78 Å². The zero-order valence-corrected chi connectivity index (χ0v) is 12.9. The number of ether oxygens (including phenoxy) is 1. The van der Waals surface area contributed by atoms with E-state index in [2.05, 4.69) is 31.3 Å². The quantitative estimate of drug-likeness (QED) is 0.610. The molecule has 0 radical (unpaired) electrons. The van der Waals surface area contributed by atoms with Gasteiger partial charge in [-0.2, -0.15) is 0 Å². The van der Waals surface area contributed by atoms with Gasteiger partial charge in [0.25, 0.3) is 0 Å². The molecule has 0 saturated carbocycles. The molecule has 0 aromatic heterocycles. The zero-order valence-electron chi connectivity index (χ0n) is 11.2. The molecular weight excluding hydrogens is 293 g/mol. The number of carbonyl (C=O) groups excluding carboxylic acids is 1. The average Bonchev–Trinajstić information content (AvgIpc) is 2.42. The molecule has 0 bridgehead atoms. The second-order valence-electron chi connectivity index (χ2n) is 4.12. The van der Waals surface area contributed by atoms with E-state index < -0.39 is 0 Å². The number of carbonyl (C=O) groups is 1. The molecule has 0 amide bonds. The fraction of sp³-hybridized carbons (Fsp3) is 0.500. The number of hydrogen-bond donors (Lipinski definition) is 1. The van der Waals surface area contributed by atoms with E-state index in [4.69, 9.17) is 4.74 Å². The summed E-state index contributed by atoms with van der Waals surface area (Å²) in [6, 6.07) is 10.3. The van der Waals surface area contributed by atoms with Gasteiger partial charge in [-0.05, 0) is 0 Å². The molecule has 18 heavy (non-hydrogen) atoms. The van der Waals surface area contributed by atoms with E-state index in [-0.39, 0.29) is 31.8 Å². The van der Waals surface area contributed by atoms with Gasteiger partial charge in [-0.1, -0.05) is 0 Å². The molecule has 1 rings (SSSR count). The minimum absolute atomic E-state index is 0.0727. The van der Waals surface area contributed by atoms with Crippen LogP contribution in [0.3, 0.4) is 0 Å².